The largest absolute Gasteiger partial charge is 0.271 e. The molecule has 5 heteroatoms. The van der Waals surface area contributed by atoms with Crippen LogP contribution in [0.25, 0.3) is 0 Å². The molecule has 1 aliphatic rings. The maximum Gasteiger partial charge on any atom is 0.0834 e. The van der Waals surface area contributed by atoms with Gasteiger partial charge in [0.25, 0.3) is 0 Å². The van der Waals surface area contributed by atoms with Gasteiger partial charge in [-0.05, 0) is 31.1 Å². The molecule has 3 N–H and O–H groups in total. The molecule has 0 amide bonds. The molecule has 4 nitrogen and oxygen atoms in total. The van der Waals surface area contributed by atoms with E-state index in [9.17, 15) is 0 Å². The molecule has 1 saturated carbocycles. The lowest BCUT2D eigenvalue weighted by Crippen LogP contribution is -2.41. The molecule has 1 aromatic heterocycles. The van der Waals surface area contributed by atoms with E-state index in [4.69, 9.17) is 17.4 Å². The van der Waals surface area contributed by atoms with Crippen LogP contribution in [0.5, 0.6) is 0 Å². The minimum absolute atomic E-state index is 0.0987. The van der Waals surface area contributed by atoms with Crippen LogP contribution in [-0.4, -0.2) is 9.78 Å². The zero-order valence-electron chi connectivity index (χ0n) is 12.0. The average molecular weight is 285 g/mol. The van der Waals surface area contributed by atoms with Gasteiger partial charge in [0.05, 0.1) is 23.0 Å². The lowest BCUT2D eigenvalue weighted by Gasteiger charge is -2.37. The smallest absolute Gasteiger partial charge is 0.0834 e. The molecule has 1 atom stereocenters. The second kappa shape index (κ2) is 6.25. The summed E-state index contributed by atoms with van der Waals surface area (Å²) in [7, 11) is 0. The molecule has 0 spiro atoms. The van der Waals surface area contributed by atoms with Crippen LogP contribution in [-0.2, 0) is 6.54 Å². The van der Waals surface area contributed by atoms with Crippen molar-refractivity contribution in [2.75, 3.05) is 0 Å². The first-order chi connectivity index (χ1) is 9.18. The van der Waals surface area contributed by atoms with E-state index in [-0.39, 0.29) is 11.5 Å². The van der Waals surface area contributed by atoms with Gasteiger partial charge in [-0.2, -0.15) is 5.10 Å². The minimum Gasteiger partial charge on any atom is -0.271 e. The van der Waals surface area contributed by atoms with Crippen molar-refractivity contribution in [3.05, 3.63) is 16.9 Å². The molecule has 0 aliphatic heterocycles. The van der Waals surface area contributed by atoms with Crippen LogP contribution in [0.3, 0.4) is 0 Å². The van der Waals surface area contributed by atoms with Gasteiger partial charge < -0.3 is 0 Å². The molecule has 0 radical (unpaired) electrons. The van der Waals surface area contributed by atoms with Crippen molar-refractivity contribution in [2.45, 2.75) is 65.0 Å². The summed E-state index contributed by atoms with van der Waals surface area (Å²) in [6.07, 6.45) is 8.90. The highest BCUT2D eigenvalue weighted by atomic mass is 35.5. The molecule has 2 rings (SSSR count). The Morgan fingerprint density at radius 1 is 1.47 bits per heavy atom. The molecule has 19 heavy (non-hydrogen) atoms. The highest BCUT2D eigenvalue weighted by Gasteiger charge is 2.42. The number of rotatable bonds is 6. The second-order valence-corrected chi connectivity index (χ2v) is 6.03. The number of hydrazine groups is 1. The van der Waals surface area contributed by atoms with Gasteiger partial charge in [0.2, 0.25) is 0 Å². The Kier molecular flexibility index (Phi) is 4.87. The molecule has 0 aromatic carbocycles. The van der Waals surface area contributed by atoms with E-state index < -0.39 is 0 Å². The molecule has 108 valence electrons. The fourth-order valence-electron chi connectivity index (χ4n) is 3.52. The zero-order valence-corrected chi connectivity index (χ0v) is 12.7. The van der Waals surface area contributed by atoms with Crippen LogP contribution >= 0.6 is 11.6 Å². The normalized spacial score (nSPS) is 19.8. The Labute approximate surface area is 120 Å². The predicted molar refractivity (Wildman–Crippen MR) is 78.8 cm³/mol. The van der Waals surface area contributed by atoms with E-state index in [1.807, 2.05) is 4.68 Å². The topological polar surface area (TPSA) is 55.9 Å². The monoisotopic (exact) mass is 284 g/mol. The quantitative estimate of drug-likeness (QED) is 0.622. The maximum atomic E-state index is 6.37. The zero-order chi connectivity index (χ0) is 13.9. The third-order valence-corrected chi connectivity index (χ3v) is 4.92. The van der Waals surface area contributed by atoms with Crippen molar-refractivity contribution in [3.63, 3.8) is 0 Å². The first-order valence-corrected chi connectivity index (χ1v) is 7.73. The number of nitrogens with zero attached hydrogens (tertiary/aromatic N) is 2. The lowest BCUT2D eigenvalue weighted by atomic mass is 9.75. The summed E-state index contributed by atoms with van der Waals surface area (Å²) in [5, 5.41) is 5.13. The van der Waals surface area contributed by atoms with Gasteiger partial charge in [0, 0.05) is 6.54 Å². The molecule has 0 bridgehead atoms. The molecule has 1 unspecified atom stereocenters. The van der Waals surface area contributed by atoms with Gasteiger partial charge in [-0.1, -0.05) is 38.3 Å². The summed E-state index contributed by atoms with van der Waals surface area (Å²) in [5.41, 5.74) is 4.32. The van der Waals surface area contributed by atoms with E-state index in [0.29, 0.717) is 0 Å². The van der Waals surface area contributed by atoms with Crippen molar-refractivity contribution >= 4 is 11.6 Å². The fourth-order valence-corrected chi connectivity index (χ4v) is 3.77. The van der Waals surface area contributed by atoms with Crippen molar-refractivity contribution in [1.82, 2.24) is 15.2 Å². The number of hydrogen-bond acceptors (Lipinski definition) is 3. The Bertz CT molecular complexity index is 410. The molecule has 1 fully saturated rings. The number of nitrogens with one attached hydrogen (secondary N) is 1. The summed E-state index contributed by atoms with van der Waals surface area (Å²) in [6.45, 7) is 5.29. The Hall–Kier alpha value is -0.580. The number of halogens is 1. The number of aromatic nitrogens is 2. The highest BCUT2D eigenvalue weighted by Crippen LogP contribution is 2.50. The Balaban J connectivity index is 2.38. The average Bonchev–Trinajstić information content (AvgIpc) is 3.02. The lowest BCUT2D eigenvalue weighted by molar-refractivity contribution is 0.179. The summed E-state index contributed by atoms with van der Waals surface area (Å²) in [5.74, 6) is 5.89. The van der Waals surface area contributed by atoms with Crippen LogP contribution in [0.4, 0.5) is 0 Å². The highest BCUT2D eigenvalue weighted by molar-refractivity contribution is 6.31. The van der Waals surface area contributed by atoms with Crippen molar-refractivity contribution in [1.29, 1.82) is 0 Å². The second-order valence-electron chi connectivity index (χ2n) is 5.62. The summed E-state index contributed by atoms with van der Waals surface area (Å²) >= 11 is 6.37. The molecule has 1 aliphatic carbocycles. The minimum atomic E-state index is 0.0987. The van der Waals surface area contributed by atoms with E-state index in [0.717, 1.165) is 30.1 Å². The standard InChI is InChI=1S/C14H25ClN4/c1-3-9-19-12(11(15)10-17-19)13(18-16)14(4-2)7-5-6-8-14/h10,13,18H,3-9,16H2,1-2H3. The molecule has 1 aromatic rings. The molecular weight excluding hydrogens is 260 g/mol. The SMILES string of the molecule is CCCn1ncc(Cl)c1C(NN)C1(CC)CCCC1. The van der Waals surface area contributed by atoms with E-state index in [1.54, 1.807) is 6.20 Å². The summed E-state index contributed by atoms with van der Waals surface area (Å²) < 4.78 is 2.02. The van der Waals surface area contributed by atoms with Crippen LogP contribution in [0.1, 0.15) is 64.1 Å². The van der Waals surface area contributed by atoms with Crippen LogP contribution in [0, 0.1) is 5.41 Å². The number of aryl methyl sites for hydroxylation is 1. The third-order valence-electron chi connectivity index (χ3n) is 4.62. The number of nitrogens with two attached hydrogens (primary N) is 1. The Morgan fingerprint density at radius 3 is 2.68 bits per heavy atom. The van der Waals surface area contributed by atoms with Gasteiger partial charge in [-0.25, -0.2) is 0 Å². The maximum absolute atomic E-state index is 6.37. The molecular formula is C14H25ClN4. The van der Waals surface area contributed by atoms with Crippen LogP contribution < -0.4 is 11.3 Å². The van der Waals surface area contributed by atoms with E-state index >= 15 is 0 Å². The van der Waals surface area contributed by atoms with Crippen molar-refractivity contribution < 1.29 is 0 Å². The molecule has 1 heterocycles. The van der Waals surface area contributed by atoms with Gasteiger partial charge >= 0.3 is 0 Å². The third kappa shape index (κ3) is 2.67. The number of hydrogen-bond donors (Lipinski definition) is 2. The van der Waals surface area contributed by atoms with Gasteiger partial charge in [0.1, 0.15) is 0 Å². The first kappa shape index (κ1) is 14.8. The molecule has 0 saturated heterocycles. The van der Waals surface area contributed by atoms with E-state index in [1.165, 1.54) is 25.7 Å². The van der Waals surface area contributed by atoms with Gasteiger partial charge in [0.15, 0.2) is 0 Å². The summed E-state index contributed by atoms with van der Waals surface area (Å²) in [6, 6.07) is 0.0987. The Morgan fingerprint density at radius 2 is 2.16 bits per heavy atom. The van der Waals surface area contributed by atoms with Crippen molar-refractivity contribution in [3.8, 4) is 0 Å². The fraction of sp³-hybridized carbons (Fsp3) is 0.786. The summed E-state index contributed by atoms with van der Waals surface area (Å²) in [4.78, 5) is 0. The predicted octanol–water partition coefficient (Wildman–Crippen LogP) is 3.42. The van der Waals surface area contributed by atoms with Crippen LogP contribution in [0.2, 0.25) is 5.02 Å². The van der Waals surface area contributed by atoms with Crippen LogP contribution in [0.15, 0.2) is 6.20 Å². The van der Waals surface area contributed by atoms with Gasteiger partial charge in [-0.15, -0.1) is 0 Å². The van der Waals surface area contributed by atoms with Crippen molar-refractivity contribution in [2.24, 2.45) is 11.3 Å². The van der Waals surface area contributed by atoms with Gasteiger partial charge in [-0.3, -0.25) is 16.0 Å². The van der Waals surface area contributed by atoms with E-state index in [2.05, 4.69) is 24.4 Å². The first-order valence-electron chi connectivity index (χ1n) is 7.36.